The number of carbonyl (C=O) groups is 1. The van der Waals surface area contributed by atoms with Crippen molar-refractivity contribution >= 4 is 50.1 Å². The molecule has 4 aromatic rings. The molecule has 0 saturated heterocycles. The molecule has 0 aromatic carbocycles. The van der Waals surface area contributed by atoms with Gasteiger partial charge in [0.05, 0.1) is 18.4 Å². The Morgan fingerprint density at radius 3 is 2.79 bits per heavy atom. The number of carbonyl (C=O) groups excluding carboxylic acids is 1. The Hall–Kier alpha value is -2.36. The fourth-order valence-electron chi connectivity index (χ4n) is 2.99. The first kappa shape index (κ1) is 19.9. The number of hydrogen-bond acceptors (Lipinski definition) is 7. The van der Waals surface area contributed by atoms with Crippen LogP contribution in [0.4, 0.5) is 0 Å². The lowest BCUT2D eigenvalue weighted by atomic mass is 10.2. The zero-order chi connectivity index (χ0) is 20.5. The summed E-state index contributed by atoms with van der Waals surface area (Å²) in [4.78, 5) is 42.8. The van der Waals surface area contributed by atoms with Gasteiger partial charge < -0.3 is 9.88 Å². The zero-order valence-electron chi connectivity index (χ0n) is 16.3. The number of aryl methyl sites for hydroxylation is 2. The fourth-order valence-corrected chi connectivity index (χ4v) is 5.83. The van der Waals surface area contributed by atoms with Crippen LogP contribution in [-0.2, 0) is 24.2 Å². The molecule has 9 heteroatoms. The SMILES string of the molecule is CCc1cnc(CN(C)C(=O)Cc2nc3scc(-c4ccc(C)s4)c3c(=O)[nH]2)s1. The van der Waals surface area contributed by atoms with E-state index in [1.54, 1.807) is 34.6 Å². The van der Waals surface area contributed by atoms with Gasteiger partial charge in [0.15, 0.2) is 0 Å². The van der Waals surface area contributed by atoms with Crippen LogP contribution < -0.4 is 5.56 Å². The van der Waals surface area contributed by atoms with Crippen molar-refractivity contribution in [1.82, 2.24) is 19.9 Å². The topological polar surface area (TPSA) is 79.0 Å². The molecule has 1 amide bonds. The lowest BCUT2D eigenvalue weighted by Gasteiger charge is -2.15. The molecule has 4 heterocycles. The van der Waals surface area contributed by atoms with E-state index < -0.39 is 0 Å². The first-order valence-corrected chi connectivity index (χ1v) is 11.7. The number of hydrogen-bond donors (Lipinski definition) is 1. The van der Waals surface area contributed by atoms with Gasteiger partial charge in [-0.3, -0.25) is 9.59 Å². The van der Waals surface area contributed by atoms with E-state index in [4.69, 9.17) is 0 Å². The van der Waals surface area contributed by atoms with E-state index in [1.807, 2.05) is 30.6 Å². The quantitative estimate of drug-likeness (QED) is 0.482. The second-order valence-electron chi connectivity index (χ2n) is 6.75. The summed E-state index contributed by atoms with van der Waals surface area (Å²) < 4.78 is 0. The molecule has 1 N–H and O–H groups in total. The highest BCUT2D eigenvalue weighted by atomic mass is 32.1. The molecular formula is C20H20N4O2S3. The van der Waals surface area contributed by atoms with Gasteiger partial charge >= 0.3 is 0 Å². The Morgan fingerprint density at radius 2 is 2.10 bits per heavy atom. The molecule has 0 saturated carbocycles. The lowest BCUT2D eigenvalue weighted by molar-refractivity contribution is -0.129. The van der Waals surface area contributed by atoms with Gasteiger partial charge in [-0.2, -0.15) is 0 Å². The first-order chi connectivity index (χ1) is 13.9. The maximum Gasteiger partial charge on any atom is 0.260 e. The van der Waals surface area contributed by atoms with E-state index in [0.717, 1.165) is 21.9 Å². The number of thiophene rings is 2. The van der Waals surface area contributed by atoms with Crippen LogP contribution in [0.3, 0.4) is 0 Å². The van der Waals surface area contributed by atoms with Crippen LogP contribution in [0.5, 0.6) is 0 Å². The van der Waals surface area contributed by atoms with E-state index in [1.165, 1.54) is 21.1 Å². The van der Waals surface area contributed by atoms with Crippen molar-refractivity contribution in [2.24, 2.45) is 0 Å². The molecular weight excluding hydrogens is 424 g/mol. The molecule has 0 unspecified atom stereocenters. The van der Waals surface area contributed by atoms with Gasteiger partial charge in [0.1, 0.15) is 15.7 Å². The number of rotatable bonds is 6. The molecule has 6 nitrogen and oxygen atoms in total. The van der Waals surface area contributed by atoms with Gasteiger partial charge in [-0.05, 0) is 25.5 Å². The third-order valence-electron chi connectivity index (χ3n) is 4.57. The van der Waals surface area contributed by atoms with Crippen LogP contribution in [0.25, 0.3) is 20.7 Å². The molecule has 0 fully saturated rings. The summed E-state index contributed by atoms with van der Waals surface area (Å²) in [5, 5.41) is 3.46. The monoisotopic (exact) mass is 444 g/mol. The van der Waals surface area contributed by atoms with Crippen LogP contribution in [0.1, 0.15) is 27.5 Å². The van der Waals surface area contributed by atoms with Gasteiger partial charge in [-0.15, -0.1) is 34.0 Å². The molecule has 0 aliphatic rings. The molecule has 0 radical (unpaired) electrons. The fraction of sp³-hybridized carbons (Fsp3) is 0.300. The van der Waals surface area contributed by atoms with Crippen molar-refractivity contribution < 1.29 is 4.79 Å². The minimum atomic E-state index is -0.199. The van der Waals surface area contributed by atoms with E-state index in [-0.39, 0.29) is 17.9 Å². The minimum absolute atomic E-state index is 0.0546. The molecule has 4 aromatic heterocycles. The summed E-state index contributed by atoms with van der Waals surface area (Å²) in [6.45, 7) is 4.58. The Bertz CT molecular complexity index is 1230. The number of amides is 1. The van der Waals surface area contributed by atoms with Crippen molar-refractivity contribution in [3.8, 4) is 10.4 Å². The summed E-state index contributed by atoms with van der Waals surface area (Å²) in [6.07, 6.45) is 2.85. The van der Waals surface area contributed by atoms with Crippen LogP contribution in [0.2, 0.25) is 0 Å². The average molecular weight is 445 g/mol. The standard InChI is InChI=1S/C20H20N4O2S3/c1-4-12-8-21-16(29-12)9-24(3)17(25)7-15-22-19(26)18-13(10-27-20(18)23-15)14-6-5-11(2)28-14/h5-6,8,10H,4,7,9H2,1-3H3,(H,22,23,26). The third kappa shape index (κ3) is 4.17. The molecule has 0 atom stereocenters. The predicted molar refractivity (Wildman–Crippen MR) is 120 cm³/mol. The highest BCUT2D eigenvalue weighted by Crippen LogP contribution is 2.35. The summed E-state index contributed by atoms with van der Waals surface area (Å²) in [6, 6.07) is 4.07. The molecule has 0 aliphatic carbocycles. The smallest absolute Gasteiger partial charge is 0.260 e. The second-order valence-corrected chi connectivity index (χ2v) is 10.1. The first-order valence-electron chi connectivity index (χ1n) is 9.19. The largest absolute Gasteiger partial charge is 0.339 e. The number of nitrogens with one attached hydrogen (secondary N) is 1. The summed E-state index contributed by atoms with van der Waals surface area (Å²) in [5.74, 6) is 0.287. The molecule has 0 spiro atoms. The number of thiazole rings is 1. The minimum Gasteiger partial charge on any atom is -0.339 e. The van der Waals surface area contributed by atoms with Crippen LogP contribution >= 0.6 is 34.0 Å². The number of H-pyrrole nitrogens is 1. The van der Waals surface area contributed by atoms with Gasteiger partial charge in [-0.25, -0.2) is 9.97 Å². The second kappa shape index (κ2) is 8.17. The van der Waals surface area contributed by atoms with Crippen LogP contribution in [0, 0.1) is 6.92 Å². The molecule has 0 aliphatic heterocycles. The van der Waals surface area contributed by atoms with E-state index in [0.29, 0.717) is 22.6 Å². The van der Waals surface area contributed by atoms with E-state index in [9.17, 15) is 9.59 Å². The Morgan fingerprint density at radius 1 is 1.28 bits per heavy atom. The molecule has 29 heavy (non-hydrogen) atoms. The molecule has 4 rings (SSSR count). The maximum absolute atomic E-state index is 12.7. The number of nitrogens with zero attached hydrogens (tertiary/aromatic N) is 3. The van der Waals surface area contributed by atoms with Crippen molar-refractivity contribution in [3.05, 3.63) is 54.6 Å². The van der Waals surface area contributed by atoms with Gasteiger partial charge in [0, 0.05) is 38.8 Å². The summed E-state index contributed by atoms with van der Waals surface area (Å²) >= 11 is 4.70. The predicted octanol–water partition coefficient (Wildman–Crippen LogP) is 4.24. The number of likely N-dealkylation sites (N-methyl/N-ethyl adjacent to an activating group) is 1. The highest BCUT2D eigenvalue weighted by Gasteiger charge is 2.17. The Labute approximate surface area is 179 Å². The van der Waals surface area contributed by atoms with E-state index >= 15 is 0 Å². The zero-order valence-corrected chi connectivity index (χ0v) is 18.8. The number of aromatic amines is 1. The van der Waals surface area contributed by atoms with Gasteiger partial charge in [0.25, 0.3) is 5.56 Å². The Kier molecular flexibility index (Phi) is 5.62. The molecule has 0 bridgehead atoms. The lowest BCUT2D eigenvalue weighted by Crippen LogP contribution is -2.29. The van der Waals surface area contributed by atoms with Gasteiger partial charge in [-0.1, -0.05) is 6.92 Å². The Balaban J connectivity index is 1.53. The van der Waals surface area contributed by atoms with Crippen molar-refractivity contribution in [2.45, 2.75) is 33.2 Å². The summed E-state index contributed by atoms with van der Waals surface area (Å²) in [5.41, 5.74) is 0.706. The van der Waals surface area contributed by atoms with Crippen LogP contribution in [0.15, 0.2) is 28.5 Å². The normalized spacial score (nSPS) is 11.3. The summed E-state index contributed by atoms with van der Waals surface area (Å²) in [7, 11) is 1.74. The average Bonchev–Trinajstić information content (AvgIpc) is 3.41. The van der Waals surface area contributed by atoms with Crippen molar-refractivity contribution in [3.63, 3.8) is 0 Å². The van der Waals surface area contributed by atoms with E-state index in [2.05, 4.69) is 21.9 Å². The van der Waals surface area contributed by atoms with Crippen molar-refractivity contribution in [2.75, 3.05) is 7.05 Å². The van der Waals surface area contributed by atoms with Crippen molar-refractivity contribution in [1.29, 1.82) is 0 Å². The number of fused-ring (bicyclic) bond motifs is 1. The number of aromatic nitrogens is 3. The van der Waals surface area contributed by atoms with Crippen LogP contribution in [-0.4, -0.2) is 32.8 Å². The maximum atomic E-state index is 12.7. The third-order valence-corrected chi connectivity index (χ3v) is 7.60. The van der Waals surface area contributed by atoms with Gasteiger partial charge in [0.2, 0.25) is 5.91 Å². The highest BCUT2D eigenvalue weighted by molar-refractivity contribution is 7.19. The molecule has 150 valence electrons.